The Morgan fingerprint density at radius 2 is 2.24 bits per heavy atom. The van der Waals surface area contributed by atoms with Gasteiger partial charge in [-0.3, -0.25) is 0 Å². The van der Waals surface area contributed by atoms with Crippen LogP contribution >= 0.6 is 11.3 Å². The molecule has 6 nitrogen and oxygen atoms in total. The molecule has 0 unspecified atom stereocenters. The number of carboxylic acids is 1. The van der Waals surface area contributed by atoms with Gasteiger partial charge in [0.2, 0.25) is 10.0 Å². The number of aromatic carboxylic acids is 1. The van der Waals surface area contributed by atoms with Crippen molar-refractivity contribution < 1.29 is 23.1 Å². The van der Waals surface area contributed by atoms with Gasteiger partial charge >= 0.3 is 5.97 Å². The van der Waals surface area contributed by atoms with Crippen molar-refractivity contribution in [1.29, 1.82) is 0 Å². The minimum atomic E-state index is -3.79. The van der Waals surface area contributed by atoms with Crippen molar-refractivity contribution >= 4 is 27.3 Å². The van der Waals surface area contributed by atoms with Gasteiger partial charge in [-0.1, -0.05) is 0 Å². The Morgan fingerprint density at radius 1 is 1.52 bits per heavy atom. The first kappa shape index (κ1) is 16.4. The van der Waals surface area contributed by atoms with Crippen LogP contribution in [0.3, 0.4) is 0 Å². The summed E-state index contributed by atoms with van der Waals surface area (Å²) in [5, 5.41) is 10.6. The van der Waals surface area contributed by atoms with Gasteiger partial charge in [-0.05, 0) is 43.0 Å². The number of aryl methyl sites for hydroxylation is 1. The van der Waals surface area contributed by atoms with Crippen LogP contribution in [0.2, 0.25) is 0 Å². The van der Waals surface area contributed by atoms with E-state index in [9.17, 15) is 13.2 Å². The molecule has 1 heterocycles. The Balaban J connectivity index is 1.86. The van der Waals surface area contributed by atoms with Gasteiger partial charge in [0.1, 0.15) is 9.77 Å². The summed E-state index contributed by atoms with van der Waals surface area (Å²) < 4.78 is 32.2. The molecule has 1 aromatic rings. The minimum absolute atomic E-state index is 0.126. The Morgan fingerprint density at radius 3 is 2.86 bits per heavy atom. The largest absolute Gasteiger partial charge is 0.477 e. The maximum atomic E-state index is 12.2. The summed E-state index contributed by atoms with van der Waals surface area (Å²) in [5.41, 5.74) is 0.454. The molecule has 0 aliphatic heterocycles. The number of carboxylic acid groups (broad SMARTS) is 1. The van der Waals surface area contributed by atoms with Crippen molar-refractivity contribution in [2.75, 3.05) is 19.8 Å². The molecule has 1 aliphatic carbocycles. The van der Waals surface area contributed by atoms with E-state index < -0.39 is 16.0 Å². The van der Waals surface area contributed by atoms with Gasteiger partial charge in [0, 0.05) is 19.8 Å². The van der Waals surface area contributed by atoms with Crippen molar-refractivity contribution in [2.24, 2.45) is 5.92 Å². The molecular weight excluding hydrogens is 314 g/mol. The number of ether oxygens (including phenoxy) is 1. The first-order chi connectivity index (χ1) is 9.92. The van der Waals surface area contributed by atoms with Gasteiger partial charge in [0.25, 0.3) is 0 Å². The standard InChI is InChI=1S/C13H19NO5S2/c1-9-8-20-11(13(15)16)12(9)21(17,18)14-5-2-6-19-7-10-3-4-10/h8,10,14H,2-7H2,1H3,(H,15,16). The van der Waals surface area contributed by atoms with Crippen LogP contribution in [0.5, 0.6) is 0 Å². The number of hydrogen-bond acceptors (Lipinski definition) is 5. The fraction of sp³-hybridized carbons (Fsp3) is 0.615. The normalized spacial score (nSPS) is 15.3. The van der Waals surface area contributed by atoms with Crippen molar-refractivity contribution in [1.82, 2.24) is 4.72 Å². The van der Waals surface area contributed by atoms with E-state index in [1.54, 1.807) is 6.92 Å². The molecule has 118 valence electrons. The van der Waals surface area contributed by atoms with E-state index in [0.717, 1.165) is 17.9 Å². The van der Waals surface area contributed by atoms with E-state index in [0.29, 0.717) is 24.5 Å². The van der Waals surface area contributed by atoms with Crippen molar-refractivity contribution in [2.45, 2.75) is 31.1 Å². The summed E-state index contributed by atoms with van der Waals surface area (Å²) >= 11 is 0.925. The third kappa shape index (κ3) is 4.50. The lowest BCUT2D eigenvalue weighted by Gasteiger charge is -2.08. The molecule has 0 amide bonds. The number of hydrogen-bond donors (Lipinski definition) is 2. The highest BCUT2D eigenvalue weighted by Gasteiger charge is 2.26. The molecule has 0 atom stereocenters. The number of rotatable bonds is 9. The first-order valence-electron chi connectivity index (χ1n) is 6.80. The number of carbonyl (C=O) groups is 1. The second-order valence-electron chi connectivity index (χ2n) is 5.15. The van der Waals surface area contributed by atoms with Gasteiger partial charge < -0.3 is 9.84 Å². The van der Waals surface area contributed by atoms with Crippen LogP contribution in [0.25, 0.3) is 0 Å². The molecule has 0 bridgehead atoms. The molecule has 21 heavy (non-hydrogen) atoms. The van der Waals surface area contributed by atoms with Gasteiger partial charge in [0.15, 0.2) is 0 Å². The molecule has 0 radical (unpaired) electrons. The van der Waals surface area contributed by atoms with Crippen LogP contribution in [-0.4, -0.2) is 39.3 Å². The van der Waals surface area contributed by atoms with Crippen molar-refractivity contribution in [3.05, 3.63) is 15.8 Å². The van der Waals surface area contributed by atoms with Crippen molar-refractivity contribution in [3.63, 3.8) is 0 Å². The number of thiophene rings is 1. The zero-order valence-corrected chi connectivity index (χ0v) is 13.4. The number of sulfonamides is 1. The summed E-state index contributed by atoms with van der Waals surface area (Å²) in [7, 11) is -3.79. The van der Waals surface area contributed by atoms with Gasteiger partial charge in [-0.25, -0.2) is 17.9 Å². The van der Waals surface area contributed by atoms with E-state index in [1.165, 1.54) is 18.2 Å². The Bertz CT molecular complexity index is 604. The molecule has 1 aromatic heterocycles. The zero-order valence-electron chi connectivity index (χ0n) is 11.8. The van der Waals surface area contributed by atoms with Crippen LogP contribution < -0.4 is 4.72 Å². The van der Waals surface area contributed by atoms with Gasteiger partial charge in [-0.15, -0.1) is 11.3 Å². The van der Waals surface area contributed by atoms with E-state index >= 15 is 0 Å². The summed E-state index contributed by atoms with van der Waals surface area (Å²) in [6.07, 6.45) is 3.02. The smallest absolute Gasteiger partial charge is 0.347 e. The molecule has 0 spiro atoms. The maximum Gasteiger partial charge on any atom is 0.347 e. The highest BCUT2D eigenvalue weighted by Crippen LogP contribution is 2.29. The molecule has 8 heteroatoms. The van der Waals surface area contributed by atoms with Crippen LogP contribution in [0.15, 0.2) is 10.3 Å². The van der Waals surface area contributed by atoms with E-state index in [2.05, 4.69) is 4.72 Å². The summed E-state index contributed by atoms with van der Waals surface area (Å²) in [6.45, 7) is 3.09. The Labute approximate surface area is 128 Å². The topological polar surface area (TPSA) is 92.7 Å². The molecule has 0 aromatic carbocycles. The third-order valence-electron chi connectivity index (χ3n) is 3.19. The minimum Gasteiger partial charge on any atom is -0.477 e. The Kier molecular flexibility index (Phi) is 5.37. The lowest BCUT2D eigenvalue weighted by Crippen LogP contribution is -2.27. The molecule has 0 saturated heterocycles. The predicted molar refractivity (Wildman–Crippen MR) is 79.4 cm³/mol. The zero-order chi connectivity index (χ0) is 15.5. The lowest BCUT2D eigenvalue weighted by atomic mass is 10.3. The fourth-order valence-electron chi connectivity index (χ4n) is 1.90. The fourth-order valence-corrected chi connectivity index (χ4v) is 4.60. The average Bonchev–Trinajstić information content (AvgIpc) is 3.13. The molecule has 1 aliphatic rings. The lowest BCUT2D eigenvalue weighted by molar-refractivity contribution is 0.0698. The number of nitrogens with one attached hydrogen (secondary N) is 1. The van der Waals surface area contributed by atoms with Crippen LogP contribution in [0.1, 0.15) is 34.5 Å². The highest BCUT2D eigenvalue weighted by atomic mass is 32.2. The third-order valence-corrected chi connectivity index (χ3v) is 6.05. The molecule has 2 rings (SSSR count). The maximum absolute atomic E-state index is 12.2. The SMILES string of the molecule is Cc1csc(C(=O)O)c1S(=O)(=O)NCCCOCC1CC1. The summed E-state index contributed by atoms with van der Waals surface area (Å²) in [6, 6.07) is 0. The first-order valence-corrected chi connectivity index (χ1v) is 9.17. The average molecular weight is 333 g/mol. The molecule has 1 saturated carbocycles. The van der Waals surface area contributed by atoms with E-state index in [4.69, 9.17) is 9.84 Å². The van der Waals surface area contributed by atoms with Crippen LogP contribution in [-0.2, 0) is 14.8 Å². The summed E-state index contributed by atoms with van der Waals surface area (Å²) in [4.78, 5) is 10.8. The van der Waals surface area contributed by atoms with Crippen molar-refractivity contribution in [3.8, 4) is 0 Å². The predicted octanol–water partition coefficient (Wildman–Crippen LogP) is 1.85. The molecule has 1 fully saturated rings. The van der Waals surface area contributed by atoms with Crippen LogP contribution in [0, 0.1) is 12.8 Å². The Hall–Kier alpha value is -0.960. The highest BCUT2D eigenvalue weighted by molar-refractivity contribution is 7.89. The molecule has 2 N–H and O–H groups in total. The van der Waals surface area contributed by atoms with Crippen LogP contribution in [0.4, 0.5) is 0 Å². The molecular formula is C13H19NO5S2. The van der Waals surface area contributed by atoms with E-state index in [-0.39, 0.29) is 16.3 Å². The summed E-state index contributed by atoms with van der Waals surface area (Å²) in [5.74, 6) is -0.533. The second kappa shape index (κ2) is 6.87. The van der Waals surface area contributed by atoms with Gasteiger partial charge in [0.05, 0.1) is 0 Å². The second-order valence-corrected chi connectivity index (χ2v) is 7.74. The monoisotopic (exact) mass is 333 g/mol. The quantitative estimate of drug-likeness (QED) is 0.673. The van der Waals surface area contributed by atoms with Gasteiger partial charge in [-0.2, -0.15) is 0 Å². The van der Waals surface area contributed by atoms with E-state index in [1.807, 2.05) is 0 Å².